The van der Waals surface area contributed by atoms with Gasteiger partial charge in [-0.05, 0) is 24.6 Å². The highest BCUT2D eigenvalue weighted by molar-refractivity contribution is 5.96. The molecule has 2 N–H and O–H groups in total. The summed E-state index contributed by atoms with van der Waals surface area (Å²) in [4.78, 5) is 12.0. The molecule has 0 aliphatic heterocycles. The minimum Gasteiger partial charge on any atom is -0.507 e. The number of rotatable bonds is 4. The Labute approximate surface area is 118 Å². The number of phenolic OH excluding ortho intramolecular Hbond substituents is 1. The van der Waals surface area contributed by atoms with Gasteiger partial charge in [0.15, 0.2) is 0 Å². The third kappa shape index (κ3) is 3.29. The molecule has 0 aromatic heterocycles. The van der Waals surface area contributed by atoms with E-state index in [0.29, 0.717) is 12.3 Å². The maximum Gasteiger partial charge on any atom is 0.255 e. The second-order valence-electron chi connectivity index (χ2n) is 4.55. The summed E-state index contributed by atoms with van der Waals surface area (Å²) in [5.74, 6) is 0.107. The molecule has 0 radical (unpaired) electrons. The Balaban J connectivity index is 2.05. The van der Waals surface area contributed by atoms with Crippen molar-refractivity contribution in [3.05, 3.63) is 59.2 Å². The number of aromatic hydroxyl groups is 1. The van der Waals surface area contributed by atoms with Crippen LogP contribution < -0.4 is 10.1 Å². The van der Waals surface area contributed by atoms with E-state index in [2.05, 4.69) is 5.32 Å². The Kier molecular flexibility index (Phi) is 4.25. The van der Waals surface area contributed by atoms with E-state index in [1.165, 1.54) is 13.2 Å². The van der Waals surface area contributed by atoms with Crippen LogP contribution in [0.3, 0.4) is 0 Å². The van der Waals surface area contributed by atoms with Crippen molar-refractivity contribution >= 4 is 5.91 Å². The summed E-state index contributed by atoms with van der Waals surface area (Å²) in [5.41, 5.74) is 2.40. The van der Waals surface area contributed by atoms with Crippen molar-refractivity contribution in [1.29, 1.82) is 0 Å². The topological polar surface area (TPSA) is 58.6 Å². The summed E-state index contributed by atoms with van der Waals surface area (Å²) in [6, 6.07) is 12.5. The monoisotopic (exact) mass is 271 g/mol. The highest BCUT2D eigenvalue weighted by atomic mass is 16.5. The first-order valence-electron chi connectivity index (χ1n) is 6.31. The number of aryl methyl sites for hydroxylation is 1. The Bertz CT molecular complexity index is 623. The van der Waals surface area contributed by atoms with E-state index >= 15 is 0 Å². The number of nitrogens with one attached hydrogen (secondary N) is 1. The molecule has 4 heteroatoms. The molecule has 0 fully saturated rings. The zero-order valence-corrected chi connectivity index (χ0v) is 11.5. The van der Waals surface area contributed by atoms with Crippen molar-refractivity contribution in [3.63, 3.8) is 0 Å². The van der Waals surface area contributed by atoms with Crippen LogP contribution in [-0.2, 0) is 6.54 Å². The normalized spacial score (nSPS) is 10.1. The minimum absolute atomic E-state index is 0.0916. The first-order chi connectivity index (χ1) is 9.60. The van der Waals surface area contributed by atoms with Gasteiger partial charge in [0.25, 0.3) is 5.91 Å². The molecule has 0 aliphatic rings. The zero-order chi connectivity index (χ0) is 14.5. The van der Waals surface area contributed by atoms with E-state index < -0.39 is 0 Å². The molecule has 2 rings (SSSR count). The third-order valence-corrected chi connectivity index (χ3v) is 2.99. The van der Waals surface area contributed by atoms with Gasteiger partial charge in [0.1, 0.15) is 11.5 Å². The van der Waals surface area contributed by atoms with Crippen molar-refractivity contribution in [2.24, 2.45) is 0 Å². The van der Waals surface area contributed by atoms with Crippen LogP contribution in [0.15, 0.2) is 42.5 Å². The van der Waals surface area contributed by atoms with Gasteiger partial charge in [0, 0.05) is 12.6 Å². The molecule has 0 unspecified atom stereocenters. The number of carbonyl (C=O) groups excluding carboxylic acids is 1. The van der Waals surface area contributed by atoms with Crippen molar-refractivity contribution < 1.29 is 14.6 Å². The van der Waals surface area contributed by atoms with Crippen LogP contribution in [0, 0.1) is 6.92 Å². The van der Waals surface area contributed by atoms with Crippen molar-refractivity contribution in [2.45, 2.75) is 13.5 Å². The number of phenols is 1. The fourth-order valence-corrected chi connectivity index (χ4v) is 1.93. The molecule has 0 aliphatic carbocycles. The predicted octanol–water partition coefficient (Wildman–Crippen LogP) is 2.64. The molecule has 2 aromatic carbocycles. The van der Waals surface area contributed by atoms with Crippen LogP contribution in [0.25, 0.3) is 0 Å². The van der Waals surface area contributed by atoms with E-state index in [-0.39, 0.29) is 17.2 Å². The minimum atomic E-state index is -0.313. The third-order valence-electron chi connectivity index (χ3n) is 2.99. The second-order valence-corrected chi connectivity index (χ2v) is 4.55. The molecule has 0 heterocycles. The molecule has 0 spiro atoms. The van der Waals surface area contributed by atoms with Crippen molar-refractivity contribution in [3.8, 4) is 11.5 Å². The SMILES string of the molecule is COc1ccc(C(=O)NCc2cccc(C)c2)c(O)c1. The Morgan fingerprint density at radius 2 is 2.05 bits per heavy atom. The summed E-state index contributed by atoms with van der Waals surface area (Å²) >= 11 is 0. The lowest BCUT2D eigenvalue weighted by Gasteiger charge is -2.08. The second kappa shape index (κ2) is 6.10. The lowest BCUT2D eigenvalue weighted by Crippen LogP contribution is -2.22. The summed E-state index contributed by atoms with van der Waals surface area (Å²) in [7, 11) is 1.51. The van der Waals surface area contributed by atoms with E-state index in [9.17, 15) is 9.90 Å². The van der Waals surface area contributed by atoms with E-state index in [0.717, 1.165) is 11.1 Å². The number of amides is 1. The standard InChI is InChI=1S/C16H17NO3/c1-11-4-3-5-12(8-11)10-17-16(19)14-7-6-13(20-2)9-15(14)18/h3-9,18H,10H2,1-2H3,(H,17,19). The van der Waals surface area contributed by atoms with E-state index in [4.69, 9.17) is 4.74 Å². The molecule has 0 saturated carbocycles. The highest BCUT2D eigenvalue weighted by Crippen LogP contribution is 2.23. The molecule has 1 amide bonds. The van der Waals surface area contributed by atoms with Gasteiger partial charge in [-0.3, -0.25) is 4.79 Å². The Hall–Kier alpha value is -2.49. The van der Waals surface area contributed by atoms with Crippen LogP contribution in [0.1, 0.15) is 21.5 Å². The van der Waals surface area contributed by atoms with Gasteiger partial charge >= 0.3 is 0 Å². The number of benzene rings is 2. The quantitative estimate of drug-likeness (QED) is 0.898. The Morgan fingerprint density at radius 1 is 1.25 bits per heavy atom. The van der Waals surface area contributed by atoms with E-state index in [1.54, 1.807) is 12.1 Å². The average Bonchev–Trinajstić information content (AvgIpc) is 2.44. The molecule has 0 bridgehead atoms. The molecular formula is C16H17NO3. The van der Waals surface area contributed by atoms with Crippen molar-refractivity contribution in [2.75, 3.05) is 7.11 Å². The van der Waals surface area contributed by atoms with Crippen LogP contribution >= 0.6 is 0 Å². The highest BCUT2D eigenvalue weighted by Gasteiger charge is 2.11. The maximum absolute atomic E-state index is 12.0. The van der Waals surface area contributed by atoms with Crippen LogP contribution in [-0.4, -0.2) is 18.1 Å². The van der Waals surface area contributed by atoms with Gasteiger partial charge in [-0.1, -0.05) is 29.8 Å². The number of hydrogen-bond acceptors (Lipinski definition) is 3. The van der Waals surface area contributed by atoms with Gasteiger partial charge in [-0.25, -0.2) is 0 Å². The molecule has 104 valence electrons. The van der Waals surface area contributed by atoms with Gasteiger partial charge < -0.3 is 15.2 Å². The average molecular weight is 271 g/mol. The van der Waals surface area contributed by atoms with Crippen LogP contribution in [0.5, 0.6) is 11.5 Å². The first kappa shape index (κ1) is 13.9. The lowest BCUT2D eigenvalue weighted by atomic mass is 10.1. The van der Waals surface area contributed by atoms with E-state index in [1.807, 2.05) is 31.2 Å². The summed E-state index contributed by atoms with van der Waals surface area (Å²) in [5, 5.41) is 12.6. The van der Waals surface area contributed by atoms with Crippen LogP contribution in [0.4, 0.5) is 0 Å². The predicted molar refractivity (Wildman–Crippen MR) is 77.0 cm³/mol. The molecule has 0 saturated heterocycles. The van der Waals surface area contributed by atoms with Crippen LogP contribution in [0.2, 0.25) is 0 Å². The molecule has 4 nitrogen and oxygen atoms in total. The molecule has 0 atom stereocenters. The number of carbonyl (C=O) groups is 1. The van der Waals surface area contributed by atoms with Gasteiger partial charge in [-0.2, -0.15) is 0 Å². The zero-order valence-electron chi connectivity index (χ0n) is 11.5. The number of methoxy groups -OCH3 is 1. The number of ether oxygens (including phenoxy) is 1. The Morgan fingerprint density at radius 3 is 2.70 bits per heavy atom. The summed E-state index contributed by atoms with van der Waals surface area (Å²) in [6.07, 6.45) is 0. The summed E-state index contributed by atoms with van der Waals surface area (Å²) in [6.45, 7) is 2.42. The first-order valence-corrected chi connectivity index (χ1v) is 6.31. The smallest absolute Gasteiger partial charge is 0.255 e. The number of hydrogen-bond donors (Lipinski definition) is 2. The largest absolute Gasteiger partial charge is 0.507 e. The molecule has 20 heavy (non-hydrogen) atoms. The maximum atomic E-state index is 12.0. The van der Waals surface area contributed by atoms with Crippen molar-refractivity contribution in [1.82, 2.24) is 5.32 Å². The fraction of sp³-hybridized carbons (Fsp3) is 0.188. The molecular weight excluding hydrogens is 254 g/mol. The lowest BCUT2D eigenvalue weighted by molar-refractivity contribution is 0.0948. The molecule has 2 aromatic rings. The van der Waals surface area contributed by atoms with Gasteiger partial charge in [0.05, 0.1) is 12.7 Å². The summed E-state index contributed by atoms with van der Waals surface area (Å²) < 4.78 is 4.98. The fourth-order valence-electron chi connectivity index (χ4n) is 1.93. The van der Waals surface area contributed by atoms with Gasteiger partial charge in [-0.15, -0.1) is 0 Å². The van der Waals surface area contributed by atoms with Gasteiger partial charge in [0.2, 0.25) is 0 Å².